The second kappa shape index (κ2) is 10.0. The van der Waals surface area contributed by atoms with E-state index in [0.29, 0.717) is 18.1 Å². The van der Waals surface area contributed by atoms with Crippen LogP contribution in [0.15, 0.2) is 48.5 Å². The number of aliphatic hydroxyl groups is 3. The van der Waals surface area contributed by atoms with Crippen molar-refractivity contribution in [1.82, 2.24) is 0 Å². The Labute approximate surface area is 147 Å². The Morgan fingerprint density at radius 1 is 0.760 bits per heavy atom. The van der Waals surface area contributed by atoms with Crippen LogP contribution in [0.1, 0.15) is 30.1 Å². The Balaban J connectivity index is 2.25. The molecule has 0 heterocycles. The van der Waals surface area contributed by atoms with E-state index < -0.39 is 0 Å². The molecule has 25 heavy (non-hydrogen) atoms. The van der Waals surface area contributed by atoms with Crippen molar-refractivity contribution in [3.63, 3.8) is 0 Å². The predicted octanol–water partition coefficient (Wildman–Crippen LogP) is 2.20. The van der Waals surface area contributed by atoms with Gasteiger partial charge in [0.05, 0.1) is 12.7 Å². The van der Waals surface area contributed by atoms with Gasteiger partial charge in [-0.1, -0.05) is 24.3 Å². The van der Waals surface area contributed by atoms with E-state index >= 15 is 0 Å². The molecule has 2 atom stereocenters. The van der Waals surface area contributed by atoms with E-state index in [9.17, 15) is 5.11 Å². The van der Waals surface area contributed by atoms with Gasteiger partial charge in [-0.3, -0.25) is 0 Å². The summed E-state index contributed by atoms with van der Waals surface area (Å²) in [6, 6.07) is 14.4. The highest BCUT2D eigenvalue weighted by Gasteiger charge is 2.25. The Morgan fingerprint density at radius 3 is 1.64 bits per heavy atom. The highest BCUT2D eigenvalue weighted by molar-refractivity contribution is 5.34. The summed E-state index contributed by atoms with van der Waals surface area (Å²) in [5.41, 5.74) is 1.81. The topological polar surface area (TPSA) is 88.4 Å². The lowest BCUT2D eigenvalue weighted by Crippen LogP contribution is -2.18. The first-order valence-electron chi connectivity index (χ1n) is 8.13. The number of benzene rings is 2. The summed E-state index contributed by atoms with van der Waals surface area (Å²) >= 11 is 0. The van der Waals surface area contributed by atoms with Crippen molar-refractivity contribution < 1.29 is 29.5 Å². The molecule has 0 fully saturated rings. The van der Waals surface area contributed by atoms with Crippen molar-refractivity contribution in [2.75, 3.05) is 26.8 Å². The van der Waals surface area contributed by atoms with Crippen LogP contribution in [-0.4, -0.2) is 42.1 Å². The molecule has 0 aliphatic carbocycles. The van der Waals surface area contributed by atoms with Crippen molar-refractivity contribution in [1.29, 1.82) is 0 Å². The molecule has 2 aromatic carbocycles. The van der Waals surface area contributed by atoms with Gasteiger partial charge in [0.2, 0.25) is 0 Å². The van der Waals surface area contributed by atoms with Crippen molar-refractivity contribution in [2.24, 2.45) is 0 Å². The molecule has 0 radical (unpaired) electrons. The van der Waals surface area contributed by atoms with Gasteiger partial charge in [-0.25, -0.2) is 0 Å². The third-order valence-corrected chi connectivity index (χ3v) is 3.89. The van der Waals surface area contributed by atoms with Crippen LogP contribution in [0.2, 0.25) is 0 Å². The van der Waals surface area contributed by atoms with Crippen molar-refractivity contribution in [2.45, 2.75) is 18.9 Å². The third-order valence-electron chi connectivity index (χ3n) is 3.89. The van der Waals surface area contributed by atoms with E-state index in [1.54, 1.807) is 24.3 Å². The van der Waals surface area contributed by atoms with Gasteiger partial charge in [0.1, 0.15) is 11.5 Å². The zero-order valence-electron chi connectivity index (χ0n) is 14.2. The Morgan fingerprint density at radius 2 is 1.24 bits per heavy atom. The van der Waals surface area contributed by atoms with Gasteiger partial charge < -0.3 is 29.5 Å². The van der Waals surface area contributed by atoms with Gasteiger partial charge in [-0.2, -0.15) is 0 Å². The Kier molecular flexibility index (Phi) is 7.69. The number of hydrogen-bond acceptors (Lipinski definition) is 6. The molecule has 6 heteroatoms. The van der Waals surface area contributed by atoms with Crippen LogP contribution in [0.25, 0.3) is 0 Å². The highest BCUT2D eigenvalue weighted by atomic mass is 16.6. The highest BCUT2D eigenvalue weighted by Crippen LogP contribution is 2.35. The fourth-order valence-electron chi connectivity index (χ4n) is 2.71. The minimum absolute atomic E-state index is 0.0836. The molecule has 2 aromatic rings. The molecule has 0 spiro atoms. The van der Waals surface area contributed by atoms with Crippen LogP contribution in [0.4, 0.5) is 0 Å². The predicted molar refractivity (Wildman–Crippen MR) is 92.5 cm³/mol. The molecule has 0 amide bonds. The number of rotatable bonds is 10. The molecule has 2 unspecified atom stereocenters. The van der Waals surface area contributed by atoms with E-state index in [0.717, 1.165) is 11.1 Å². The minimum atomic E-state index is -0.382. The number of hydrogen-bond donors (Lipinski definition) is 3. The largest absolute Gasteiger partial charge is 0.468 e. The zero-order chi connectivity index (χ0) is 18.1. The Bertz CT molecular complexity index is 611. The van der Waals surface area contributed by atoms with Gasteiger partial charge in [0.15, 0.2) is 13.6 Å². The molecule has 2 rings (SSSR count). The standard InChI is InChI=1S/C19H24O6/c1-2-23-19(15-5-9-17(10-6-15)25-13-22)18(11-20)14-3-7-16(8-4-14)24-12-21/h3-10,18-22H,2,11-13H2,1H3. The molecule has 0 aliphatic heterocycles. The average Bonchev–Trinajstić information content (AvgIpc) is 2.64. The summed E-state index contributed by atoms with van der Waals surface area (Å²) in [4.78, 5) is 0. The molecular weight excluding hydrogens is 324 g/mol. The fourth-order valence-corrected chi connectivity index (χ4v) is 2.71. The molecule has 6 nitrogen and oxygen atoms in total. The molecule has 0 saturated heterocycles. The summed E-state index contributed by atoms with van der Waals surface area (Å²) in [5.74, 6) is 0.863. The maximum Gasteiger partial charge on any atom is 0.186 e. The summed E-state index contributed by atoms with van der Waals surface area (Å²) in [6.45, 7) is 1.56. The van der Waals surface area contributed by atoms with Crippen LogP contribution in [0, 0.1) is 0 Å². The quantitative estimate of drug-likeness (QED) is 0.571. The van der Waals surface area contributed by atoms with Crippen LogP contribution < -0.4 is 9.47 Å². The molecule has 0 aliphatic rings. The third kappa shape index (κ3) is 5.17. The average molecular weight is 348 g/mol. The smallest absolute Gasteiger partial charge is 0.186 e. The Hall–Kier alpha value is -2.12. The summed E-state index contributed by atoms with van der Waals surface area (Å²) in [7, 11) is 0. The van der Waals surface area contributed by atoms with Crippen molar-refractivity contribution >= 4 is 0 Å². The first-order valence-corrected chi connectivity index (χ1v) is 8.13. The first kappa shape index (κ1) is 19.2. The zero-order valence-corrected chi connectivity index (χ0v) is 14.2. The van der Waals surface area contributed by atoms with Gasteiger partial charge in [0, 0.05) is 12.5 Å². The van der Waals surface area contributed by atoms with Gasteiger partial charge in [0.25, 0.3) is 0 Å². The molecule has 3 N–H and O–H groups in total. The molecule has 0 aromatic heterocycles. The van der Waals surface area contributed by atoms with Gasteiger partial charge in [-0.05, 0) is 42.3 Å². The SMILES string of the molecule is CCOC(c1ccc(OCO)cc1)C(CO)c1ccc(OCO)cc1. The van der Waals surface area contributed by atoms with Crippen LogP contribution in [0.5, 0.6) is 11.5 Å². The monoisotopic (exact) mass is 348 g/mol. The maximum absolute atomic E-state index is 9.94. The number of ether oxygens (including phenoxy) is 3. The van der Waals surface area contributed by atoms with E-state index in [2.05, 4.69) is 0 Å². The molecule has 0 bridgehead atoms. The van der Waals surface area contributed by atoms with Crippen molar-refractivity contribution in [3.05, 3.63) is 59.7 Å². The lowest BCUT2D eigenvalue weighted by molar-refractivity contribution is 0.0253. The molecule has 0 saturated carbocycles. The normalized spacial score (nSPS) is 13.3. The van der Waals surface area contributed by atoms with Gasteiger partial charge in [-0.15, -0.1) is 0 Å². The lowest BCUT2D eigenvalue weighted by Gasteiger charge is -2.26. The summed E-state index contributed by atoms with van der Waals surface area (Å²) in [6.07, 6.45) is -0.331. The fraction of sp³-hybridized carbons (Fsp3) is 0.368. The second-order valence-electron chi connectivity index (χ2n) is 5.35. The van der Waals surface area contributed by atoms with E-state index in [1.807, 2.05) is 31.2 Å². The minimum Gasteiger partial charge on any atom is -0.468 e. The van der Waals surface area contributed by atoms with Crippen LogP contribution >= 0.6 is 0 Å². The van der Waals surface area contributed by atoms with Gasteiger partial charge >= 0.3 is 0 Å². The summed E-state index contributed by atoms with van der Waals surface area (Å²) in [5, 5.41) is 27.6. The first-order chi connectivity index (χ1) is 12.2. The second-order valence-corrected chi connectivity index (χ2v) is 5.35. The molecular formula is C19H24O6. The summed E-state index contributed by atoms with van der Waals surface area (Å²) < 4.78 is 16.0. The van der Waals surface area contributed by atoms with Crippen LogP contribution in [0.3, 0.4) is 0 Å². The van der Waals surface area contributed by atoms with E-state index in [1.165, 1.54) is 0 Å². The lowest BCUT2D eigenvalue weighted by atomic mass is 9.89. The maximum atomic E-state index is 9.94. The van der Waals surface area contributed by atoms with Crippen LogP contribution in [-0.2, 0) is 4.74 Å². The van der Waals surface area contributed by atoms with E-state index in [4.69, 9.17) is 24.4 Å². The van der Waals surface area contributed by atoms with Crippen molar-refractivity contribution in [3.8, 4) is 11.5 Å². The molecule has 136 valence electrons. The number of aliphatic hydroxyl groups excluding tert-OH is 3. The van der Waals surface area contributed by atoms with E-state index in [-0.39, 0.29) is 32.2 Å².